The highest BCUT2D eigenvalue weighted by molar-refractivity contribution is 9.10. The van der Waals surface area contributed by atoms with Crippen LogP contribution in [0.2, 0.25) is 0 Å². The second-order valence-electron chi connectivity index (χ2n) is 4.66. The Balaban J connectivity index is 1.79. The Hall–Kier alpha value is -1.47. The first-order valence-corrected chi connectivity index (χ1v) is 7.73. The molecule has 1 amide bonds. The van der Waals surface area contributed by atoms with Crippen LogP contribution in [0.3, 0.4) is 0 Å². The molecule has 1 fully saturated rings. The van der Waals surface area contributed by atoms with Crippen molar-refractivity contribution in [3.63, 3.8) is 0 Å². The first-order valence-electron chi connectivity index (χ1n) is 6.06. The topological polar surface area (TPSA) is 68.0 Å². The Morgan fingerprint density at radius 3 is 2.95 bits per heavy atom. The van der Waals surface area contributed by atoms with E-state index in [4.69, 9.17) is 5.73 Å². The summed E-state index contributed by atoms with van der Waals surface area (Å²) in [5.41, 5.74) is 6.74. The van der Waals surface area contributed by atoms with Gasteiger partial charge in [-0.1, -0.05) is 0 Å². The zero-order valence-corrected chi connectivity index (χ0v) is 12.7. The summed E-state index contributed by atoms with van der Waals surface area (Å²) in [6, 6.07) is 2.49. The first-order chi connectivity index (χ1) is 9.54. The fourth-order valence-electron chi connectivity index (χ4n) is 1.81. The molecule has 0 bridgehead atoms. The van der Waals surface area contributed by atoms with Crippen molar-refractivity contribution in [2.45, 2.75) is 18.8 Å². The van der Waals surface area contributed by atoms with Gasteiger partial charge < -0.3 is 5.73 Å². The average Bonchev–Trinajstić information content (AvgIpc) is 3.15. The number of hydrogen-bond acceptors (Lipinski definition) is 4. The van der Waals surface area contributed by atoms with Crippen LogP contribution < -0.4 is 11.1 Å². The van der Waals surface area contributed by atoms with E-state index in [1.807, 2.05) is 5.38 Å². The number of hydrogen-bond donors (Lipinski definition) is 2. The normalized spacial score (nSPS) is 14.3. The molecule has 0 aliphatic heterocycles. The fraction of sp³-hybridized carbons (Fsp3) is 0.231. The van der Waals surface area contributed by atoms with Crippen LogP contribution in [0, 0.1) is 5.82 Å². The lowest BCUT2D eigenvalue weighted by Crippen LogP contribution is -2.13. The SMILES string of the molecule is Nc1cc(C(=O)Nc2nc(C3CC3)cs2)c(Br)cc1F. The highest BCUT2D eigenvalue weighted by Crippen LogP contribution is 2.41. The van der Waals surface area contributed by atoms with Crippen molar-refractivity contribution in [3.05, 3.63) is 39.1 Å². The number of carbonyl (C=O) groups excluding carboxylic acids is 1. The van der Waals surface area contributed by atoms with Gasteiger partial charge in [0.15, 0.2) is 5.13 Å². The van der Waals surface area contributed by atoms with E-state index >= 15 is 0 Å². The van der Waals surface area contributed by atoms with Crippen LogP contribution in [0.4, 0.5) is 15.2 Å². The van der Waals surface area contributed by atoms with Crippen LogP contribution in [0.15, 0.2) is 22.0 Å². The maximum atomic E-state index is 13.3. The number of nitrogens with zero attached hydrogens (tertiary/aromatic N) is 1. The largest absolute Gasteiger partial charge is 0.396 e. The average molecular weight is 356 g/mol. The number of rotatable bonds is 3. The number of nitrogen functional groups attached to an aromatic ring is 1. The number of carbonyl (C=O) groups is 1. The minimum Gasteiger partial charge on any atom is -0.396 e. The van der Waals surface area contributed by atoms with Gasteiger partial charge in [0.2, 0.25) is 0 Å². The Morgan fingerprint density at radius 1 is 1.50 bits per heavy atom. The van der Waals surface area contributed by atoms with Crippen LogP contribution in [0.25, 0.3) is 0 Å². The van der Waals surface area contributed by atoms with E-state index in [0.29, 0.717) is 15.5 Å². The number of nitrogens with two attached hydrogens (primary N) is 1. The van der Waals surface area contributed by atoms with Crippen molar-refractivity contribution in [1.82, 2.24) is 4.98 Å². The molecule has 1 aromatic heterocycles. The standard InChI is InChI=1S/C13H11BrFN3OS/c14-8-4-9(15)10(16)3-7(8)12(19)18-13-17-11(5-20-13)6-1-2-6/h3-6H,1-2,16H2,(H,17,18,19). The highest BCUT2D eigenvalue weighted by Gasteiger charge is 2.26. The van der Waals surface area contributed by atoms with Gasteiger partial charge in [0.05, 0.1) is 16.9 Å². The molecule has 1 aliphatic rings. The van der Waals surface area contributed by atoms with Crippen molar-refractivity contribution in [3.8, 4) is 0 Å². The van der Waals surface area contributed by atoms with Gasteiger partial charge in [-0.05, 0) is 40.9 Å². The molecular formula is C13H11BrFN3OS. The number of anilines is 2. The number of halogens is 2. The molecule has 7 heteroatoms. The molecule has 0 saturated heterocycles. The third kappa shape index (κ3) is 2.69. The fourth-order valence-corrected chi connectivity index (χ4v) is 3.10. The third-order valence-electron chi connectivity index (χ3n) is 3.07. The van der Waals surface area contributed by atoms with Crippen LogP contribution in [-0.4, -0.2) is 10.9 Å². The number of benzene rings is 1. The first kappa shape index (κ1) is 13.5. The van der Waals surface area contributed by atoms with E-state index in [0.717, 1.165) is 18.5 Å². The number of aromatic nitrogens is 1. The lowest BCUT2D eigenvalue weighted by Gasteiger charge is -2.06. The molecule has 20 heavy (non-hydrogen) atoms. The lowest BCUT2D eigenvalue weighted by molar-refractivity contribution is 0.102. The predicted molar refractivity (Wildman–Crippen MR) is 80.6 cm³/mol. The van der Waals surface area contributed by atoms with Crippen LogP contribution in [0.5, 0.6) is 0 Å². The van der Waals surface area contributed by atoms with Crippen molar-refractivity contribution >= 4 is 44.0 Å². The van der Waals surface area contributed by atoms with E-state index in [9.17, 15) is 9.18 Å². The van der Waals surface area contributed by atoms with Gasteiger partial charge in [0, 0.05) is 15.8 Å². The Labute approximate surface area is 127 Å². The summed E-state index contributed by atoms with van der Waals surface area (Å²) in [6.07, 6.45) is 2.33. The molecule has 104 valence electrons. The monoisotopic (exact) mass is 355 g/mol. The van der Waals surface area contributed by atoms with E-state index in [1.165, 1.54) is 23.5 Å². The maximum Gasteiger partial charge on any atom is 0.258 e. The van der Waals surface area contributed by atoms with E-state index in [1.54, 1.807) is 0 Å². The summed E-state index contributed by atoms with van der Waals surface area (Å²) >= 11 is 4.55. The minimum absolute atomic E-state index is 0.0591. The van der Waals surface area contributed by atoms with Gasteiger partial charge in [0.1, 0.15) is 5.82 Å². The molecule has 1 aromatic carbocycles. The molecule has 1 aliphatic carbocycles. The smallest absolute Gasteiger partial charge is 0.258 e. The minimum atomic E-state index is -0.557. The van der Waals surface area contributed by atoms with Crippen molar-refractivity contribution in [2.75, 3.05) is 11.1 Å². The van der Waals surface area contributed by atoms with Crippen molar-refractivity contribution < 1.29 is 9.18 Å². The Kier molecular flexibility index (Phi) is 3.47. The number of amides is 1. The van der Waals surface area contributed by atoms with E-state index < -0.39 is 5.82 Å². The second kappa shape index (κ2) is 5.14. The van der Waals surface area contributed by atoms with E-state index in [2.05, 4.69) is 26.2 Å². The van der Waals surface area contributed by atoms with E-state index in [-0.39, 0.29) is 17.2 Å². The third-order valence-corrected chi connectivity index (χ3v) is 4.50. The summed E-state index contributed by atoms with van der Waals surface area (Å²) in [6.45, 7) is 0. The van der Waals surface area contributed by atoms with Gasteiger partial charge in [0.25, 0.3) is 5.91 Å². The van der Waals surface area contributed by atoms with Crippen molar-refractivity contribution in [2.24, 2.45) is 0 Å². The molecule has 1 saturated carbocycles. The molecule has 3 rings (SSSR count). The van der Waals surface area contributed by atoms with Crippen LogP contribution in [-0.2, 0) is 0 Å². The van der Waals surface area contributed by atoms with Gasteiger partial charge in [-0.2, -0.15) is 0 Å². The summed E-state index contributed by atoms with van der Waals surface area (Å²) in [7, 11) is 0. The molecule has 0 unspecified atom stereocenters. The van der Waals surface area contributed by atoms with Gasteiger partial charge in [-0.25, -0.2) is 9.37 Å². The maximum absolute atomic E-state index is 13.3. The van der Waals surface area contributed by atoms with Gasteiger partial charge in [-0.3, -0.25) is 10.1 Å². The van der Waals surface area contributed by atoms with Crippen LogP contribution >= 0.6 is 27.3 Å². The molecule has 0 spiro atoms. The molecule has 3 N–H and O–H groups in total. The van der Waals surface area contributed by atoms with Crippen LogP contribution in [0.1, 0.15) is 34.8 Å². The molecular weight excluding hydrogens is 345 g/mol. The Bertz CT molecular complexity index is 684. The highest BCUT2D eigenvalue weighted by atomic mass is 79.9. The second-order valence-corrected chi connectivity index (χ2v) is 6.37. The molecule has 4 nitrogen and oxygen atoms in total. The summed E-state index contributed by atoms with van der Waals surface area (Å²) < 4.78 is 13.6. The number of thiazole rings is 1. The van der Waals surface area contributed by atoms with Crippen molar-refractivity contribution in [1.29, 1.82) is 0 Å². The quantitative estimate of drug-likeness (QED) is 0.823. The zero-order valence-electron chi connectivity index (χ0n) is 10.3. The summed E-state index contributed by atoms with van der Waals surface area (Å²) in [4.78, 5) is 16.5. The molecule has 2 aromatic rings. The summed E-state index contributed by atoms with van der Waals surface area (Å²) in [5.74, 6) is -0.371. The lowest BCUT2D eigenvalue weighted by atomic mass is 10.2. The van der Waals surface area contributed by atoms with Gasteiger partial charge >= 0.3 is 0 Å². The number of nitrogens with one attached hydrogen (secondary N) is 1. The molecule has 0 radical (unpaired) electrons. The van der Waals surface area contributed by atoms with Gasteiger partial charge in [-0.15, -0.1) is 11.3 Å². The summed E-state index contributed by atoms with van der Waals surface area (Å²) in [5, 5.41) is 5.22. The molecule has 1 heterocycles. The molecule has 0 atom stereocenters. The predicted octanol–water partition coefficient (Wildman–Crippen LogP) is 3.76. The Morgan fingerprint density at radius 2 is 2.25 bits per heavy atom. The zero-order chi connectivity index (χ0) is 14.3.